The van der Waals surface area contributed by atoms with Crippen LogP contribution in [0.15, 0.2) is 40.7 Å². The highest BCUT2D eigenvalue weighted by molar-refractivity contribution is 7.14. The quantitative estimate of drug-likeness (QED) is 0.769. The van der Waals surface area contributed by atoms with Crippen LogP contribution in [0.4, 0.5) is 21.2 Å². The van der Waals surface area contributed by atoms with Crippen LogP contribution in [0.5, 0.6) is 0 Å². The van der Waals surface area contributed by atoms with Gasteiger partial charge in [-0.3, -0.25) is 4.99 Å². The third-order valence-corrected chi connectivity index (χ3v) is 3.45. The van der Waals surface area contributed by atoms with Crippen LogP contribution in [-0.4, -0.2) is 17.4 Å². The van der Waals surface area contributed by atoms with Gasteiger partial charge in [-0.15, -0.1) is 11.3 Å². The lowest BCUT2D eigenvalue weighted by molar-refractivity contribution is 0.205. The molecular formula is C12H8N2O2S. The fourth-order valence-electron chi connectivity index (χ4n) is 1.79. The summed E-state index contributed by atoms with van der Waals surface area (Å²) in [5.74, 6) is 0. The monoisotopic (exact) mass is 244 g/mol. The molecule has 17 heavy (non-hydrogen) atoms. The second-order valence-corrected chi connectivity index (χ2v) is 4.44. The lowest BCUT2D eigenvalue weighted by atomic mass is 10.2. The molecule has 4 nitrogen and oxygen atoms in total. The highest BCUT2D eigenvalue weighted by atomic mass is 32.1. The molecule has 0 bridgehead atoms. The molecule has 2 heterocycles. The summed E-state index contributed by atoms with van der Waals surface area (Å²) in [7, 11) is 0. The van der Waals surface area contributed by atoms with Crippen LogP contribution in [0.25, 0.3) is 0 Å². The molecule has 0 aliphatic carbocycles. The maximum absolute atomic E-state index is 11.4. The number of para-hydroxylation sites is 2. The van der Waals surface area contributed by atoms with Crippen molar-refractivity contribution in [1.29, 1.82) is 0 Å². The van der Waals surface area contributed by atoms with Gasteiger partial charge in [0.15, 0.2) is 0 Å². The molecule has 0 fully saturated rings. The summed E-state index contributed by atoms with van der Waals surface area (Å²) in [5, 5.41) is 11.9. The topological polar surface area (TPSA) is 52.9 Å². The van der Waals surface area contributed by atoms with E-state index in [0.717, 1.165) is 5.56 Å². The van der Waals surface area contributed by atoms with Crippen molar-refractivity contribution in [2.45, 2.75) is 0 Å². The molecule has 1 amide bonds. The highest BCUT2D eigenvalue weighted by Gasteiger charge is 2.24. The second kappa shape index (κ2) is 3.71. The summed E-state index contributed by atoms with van der Waals surface area (Å²) in [6, 6.07) is 9.08. The minimum atomic E-state index is -0.994. The molecular weight excluding hydrogens is 236 g/mol. The number of nitrogens with zero attached hydrogens (tertiary/aromatic N) is 2. The van der Waals surface area contributed by atoms with Crippen molar-refractivity contribution in [3.8, 4) is 0 Å². The van der Waals surface area contributed by atoms with Gasteiger partial charge in [0.2, 0.25) is 0 Å². The Bertz CT molecular complexity index is 618. The van der Waals surface area contributed by atoms with Gasteiger partial charge in [0.05, 0.1) is 11.4 Å². The predicted molar refractivity (Wildman–Crippen MR) is 68.2 cm³/mol. The molecule has 1 N–H and O–H groups in total. The van der Waals surface area contributed by atoms with E-state index in [0.29, 0.717) is 16.4 Å². The maximum Gasteiger partial charge on any atom is 0.417 e. The van der Waals surface area contributed by atoms with Crippen LogP contribution < -0.4 is 4.90 Å². The Labute approximate surface area is 101 Å². The molecule has 0 atom stereocenters. The average molecular weight is 244 g/mol. The molecule has 3 rings (SSSR count). The summed E-state index contributed by atoms with van der Waals surface area (Å²) in [6.45, 7) is 0. The Hall–Kier alpha value is -2.14. The van der Waals surface area contributed by atoms with Crippen LogP contribution in [0, 0.1) is 0 Å². The first-order chi connectivity index (χ1) is 8.27. The first-order valence-electron chi connectivity index (χ1n) is 5.01. The number of rotatable bonds is 0. The van der Waals surface area contributed by atoms with E-state index in [1.54, 1.807) is 18.3 Å². The Morgan fingerprint density at radius 3 is 2.94 bits per heavy atom. The maximum atomic E-state index is 11.4. The van der Waals surface area contributed by atoms with Crippen molar-refractivity contribution in [3.63, 3.8) is 0 Å². The first-order valence-corrected chi connectivity index (χ1v) is 5.89. The summed E-state index contributed by atoms with van der Waals surface area (Å²) in [4.78, 5) is 17.0. The van der Waals surface area contributed by atoms with E-state index in [2.05, 4.69) is 4.99 Å². The van der Waals surface area contributed by atoms with Gasteiger partial charge in [-0.25, -0.2) is 9.69 Å². The predicted octanol–water partition coefficient (Wildman–Crippen LogP) is 3.63. The number of fused-ring (bicyclic) bond motifs is 2. The summed E-state index contributed by atoms with van der Waals surface area (Å²) < 4.78 is 0. The molecule has 0 spiro atoms. The molecule has 0 radical (unpaired) electrons. The molecule has 1 aromatic carbocycles. The van der Waals surface area contributed by atoms with E-state index in [1.807, 2.05) is 23.6 Å². The van der Waals surface area contributed by atoms with Crippen molar-refractivity contribution in [2.75, 3.05) is 4.90 Å². The lowest BCUT2D eigenvalue weighted by Gasteiger charge is -2.18. The molecule has 0 saturated carbocycles. The third-order valence-electron chi connectivity index (χ3n) is 2.53. The van der Waals surface area contributed by atoms with E-state index in [4.69, 9.17) is 0 Å². The normalized spacial score (nSPS) is 12.8. The van der Waals surface area contributed by atoms with E-state index in [-0.39, 0.29) is 0 Å². The van der Waals surface area contributed by atoms with Crippen LogP contribution in [0.3, 0.4) is 0 Å². The lowest BCUT2D eigenvalue weighted by Crippen LogP contribution is -2.23. The van der Waals surface area contributed by atoms with Gasteiger partial charge in [-0.2, -0.15) is 0 Å². The molecule has 0 saturated heterocycles. The smallest absolute Gasteiger partial charge is 0.417 e. The molecule has 84 valence electrons. The number of thiophene rings is 1. The van der Waals surface area contributed by atoms with E-state index >= 15 is 0 Å². The molecule has 1 aliphatic rings. The summed E-state index contributed by atoms with van der Waals surface area (Å²) in [6.07, 6.45) is 0.708. The average Bonchev–Trinajstić information content (AvgIpc) is 2.70. The number of amides is 1. The summed E-state index contributed by atoms with van der Waals surface area (Å²) in [5.41, 5.74) is 2.09. The standard InChI is InChI=1S/C12H8N2O2S/c15-12(16)14-10-4-2-1-3-9(10)13-7-8-5-6-17-11(8)14/h1-7H,(H,15,16). The van der Waals surface area contributed by atoms with Crippen molar-refractivity contribution < 1.29 is 9.90 Å². The Balaban J connectivity index is 2.29. The van der Waals surface area contributed by atoms with Gasteiger partial charge < -0.3 is 5.11 Å². The van der Waals surface area contributed by atoms with Crippen LogP contribution in [0.1, 0.15) is 5.56 Å². The fraction of sp³-hybridized carbons (Fsp3) is 0. The number of aliphatic imine (C=N–C) groups is 1. The number of hydrogen-bond donors (Lipinski definition) is 1. The van der Waals surface area contributed by atoms with Crippen molar-refractivity contribution in [3.05, 3.63) is 41.3 Å². The highest BCUT2D eigenvalue weighted by Crippen LogP contribution is 2.40. The van der Waals surface area contributed by atoms with Crippen LogP contribution in [0.2, 0.25) is 0 Å². The largest absolute Gasteiger partial charge is 0.464 e. The molecule has 5 heteroatoms. The zero-order valence-corrected chi connectivity index (χ0v) is 9.52. The van der Waals surface area contributed by atoms with Crippen molar-refractivity contribution in [2.24, 2.45) is 4.99 Å². The molecule has 2 aromatic rings. The summed E-state index contributed by atoms with van der Waals surface area (Å²) >= 11 is 1.39. The van der Waals surface area contributed by atoms with Gasteiger partial charge in [-0.05, 0) is 23.6 Å². The zero-order chi connectivity index (χ0) is 11.8. The molecule has 1 aliphatic heterocycles. The van der Waals surface area contributed by atoms with Crippen molar-refractivity contribution >= 4 is 40.0 Å². The number of benzene rings is 1. The number of anilines is 2. The Morgan fingerprint density at radius 1 is 1.29 bits per heavy atom. The zero-order valence-electron chi connectivity index (χ0n) is 8.70. The van der Waals surface area contributed by atoms with Gasteiger partial charge in [0.1, 0.15) is 5.00 Å². The Kier molecular flexibility index (Phi) is 2.19. The molecule has 1 aromatic heterocycles. The van der Waals surface area contributed by atoms with E-state index < -0.39 is 6.09 Å². The minimum absolute atomic E-state index is 0.595. The second-order valence-electron chi connectivity index (χ2n) is 3.55. The van der Waals surface area contributed by atoms with Crippen LogP contribution >= 0.6 is 11.3 Å². The minimum Gasteiger partial charge on any atom is -0.464 e. The Morgan fingerprint density at radius 2 is 2.12 bits per heavy atom. The first kappa shape index (κ1) is 10.0. The van der Waals surface area contributed by atoms with Gasteiger partial charge in [0.25, 0.3) is 0 Å². The third kappa shape index (κ3) is 1.52. The SMILES string of the molecule is O=C(O)N1c2ccccc2N=Cc2ccsc21. The number of carboxylic acid groups (broad SMARTS) is 1. The van der Waals surface area contributed by atoms with E-state index in [1.165, 1.54) is 16.2 Å². The number of hydrogen-bond acceptors (Lipinski definition) is 3. The molecule has 0 unspecified atom stereocenters. The van der Waals surface area contributed by atoms with Gasteiger partial charge in [-0.1, -0.05) is 12.1 Å². The van der Waals surface area contributed by atoms with Crippen molar-refractivity contribution in [1.82, 2.24) is 0 Å². The van der Waals surface area contributed by atoms with Gasteiger partial charge >= 0.3 is 6.09 Å². The van der Waals surface area contributed by atoms with E-state index in [9.17, 15) is 9.90 Å². The fourth-order valence-corrected chi connectivity index (χ4v) is 2.67. The number of carbonyl (C=O) groups is 1. The van der Waals surface area contributed by atoms with Gasteiger partial charge in [0, 0.05) is 11.8 Å². The van der Waals surface area contributed by atoms with Crippen LogP contribution in [-0.2, 0) is 0 Å².